The van der Waals surface area contributed by atoms with Crippen LogP contribution in [0.5, 0.6) is 0 Å². The molecule has 0 radical (unpaired) electrons. The fourth-order valence-corrected chi connectivity index (χ4v) is 42.6. The van der Waals surface area contributed by atoms with E-state index in [1.165, 1.54) is 0 Å². The standard InChI is InChI=1S/C19HBr39/c20-1(21)2(22,23)3(24,25)4(26,27)5(28,29)6(30,31)7(32,33)8(34,35)9(36,37)10(38,39)11(40,41)12(42,43)13(44,45)14(46,47)15(48,49)16(50,51)17(52,53)18(54,55)19(56,57)58/h1H. The SMILES string of the molecule is BrC(Br)C(Br)(Br)C(Br)(Br)C(Br)(Br)C(Br)(Br)C(Br)(Br)C(Br)(Br)C(Br)(Br)C(Br)(Br)C(Br)(Br)C(Br)(Br)C(Br)(Br)C(Br)(Br)C(Br)(Br)C(Br)(Br)C(Br)(Br)C(Br)(Br)C(Br)(Br)C(Br)(Br)Br. The molecule has 0 rings (SSSR count). The Balaban J connectivity index is 7.89. The molecular formula is C19HBr39. The van der Waals surface area contributed by atoms with Crippen molar-refractivity contribution in [2.75, 3.05) is 0 Å². The Morgan fingerprint density at radius 2 is 0.259 bits per heavy atom. The van der Waals surface area contributed by atoms with E-state index in [4.69, 9.17) is 0 Å². The second-order valence-electron chi connectivity index (χ2n) is 10.6. The molecule has 0 spiro atoms. The maximum atomic E-state index is 4.05. The molecule has 0 fully saturated rings. The van der Waals surface area contributed by atoms with Crippen LogP contribution in [0.15, 0.2) is 0 Å². The van der Waals surface area contributed by atoms with E-state index in [1.54, 1.807) is 0 Å². The Kier molecular flexibility index (Phi) is 33.2. The van der Waals surface area contributed by atoms with Crippen molar-refractivity contribution in [3.8, 4) is 0 Å². The molecule has 0 heterocycles. The Labute approximate surface area is 664 Å². The fourth-order valence-electron chi connectivity index (χ4n) is 3.28. The van der Waals surface area contributed by atoms with Crippen LogP contribution < -0.4 is 0 Å². The second-order valence-corrected chi connectivity index (χ2v) is 79.1. The highest BCUT2D eigenvalue weighted by molar-refractivity contribution is 9.43. The molecule has 58 heavy (non-hydrogen) atoms. The van der Waals surface area contributed by atoms with Gasteiger partial charge in [0.1, 0.15) is 55.0 Å². The van der Waals surface area contributed by atoms with E-state index in [1.807, 2.05) is 0 Å². The first-order chi connectivity index (χ1) is 24.2. The third-order valence-corrected chi connectivity index (χ3v) is 90.1. The van der Waals surface area contributed by atoms with Gasteiger partial charge in [-0.1, -0.05) is 621 Å². The summed E-state index contributed by atoms with van der Waals surface area (Å²) in [5.74, 6) is 0. The summed E-state index contributed by atoms with van der Waals surface area (Å²) in [7, 11) is 0. The van der Waals surface area contributed by atoms with Gasteiger partial charge in [-0.3, -0.25) is 0 Å². The minimum atomic E-state index is -1.36. The van der Waals surface area contributed by atoms with E-state index in [2.05, 4.69) is 621 Å². The molecule has 0 aromatic rings. The van der Waals surface area contributed by atoms with Gasteiger partial charge in [0.05, 0.1) is 3.74 Å². The average Bonchev–Trinajstić information content (AvgIpc) is 2.98. The highest BCUT2D eigenvalue weighted by atomic mass is 80.0. The molecule has 0 aliphatic rings. The molecule has 0 amide bonds. The van der Waals surface area contributed by atoms with Gasteiger partial charge in [-0.2, -0.15) is 0 Å². The van der Waals surface area contributed by atoms with E-state index in [-0.39, 0.29) is 3.74 Å². The lowest BCUT2D eigenvalue weighted by atomic mass is 10.0. The van der Waals surface area contributed by atoms with Crippen molar-refractivity contribution in [2.45, 2.75) is 60.8 Å². The molecule has 0 bridgehead atoms. The molecule has 350 valence electrons. The van der Waals surface area contributed by atoms with Crippen LogP contribution in [0, 0.1) is 0 Å². The van der Waals surface area contributed by atoms with Crippen molar-refractivity contribution in [2.24, 2.45) is 0 Å². The first kappa shape index (κ1) is 76.7. The molecule has 39 heteroatoms. The molecule has 0 aliphatic heterocycles. The molecule has 0 saturated heterocycles. The maximum absolute atomic E-state index is 4.05. The minimum absolute atomic E-state index is 0.310. The highest BCUT2D eigenvalue weighted by Gasteiger charge is 2.84. The summed E-state index contributed by atoms with van der Waals surface area (Å²) < 4.78 is -22.2. The predicted octanol–water partition coefficient (Wildman–Crippen LogP) is 29.2. The van der Waals surface area contributed by atoms with Crippen LogP contribution in [0.4, 0.5) is 0 Å². The van der Waals surface area contributed by atoms with Crippen LogP contribution in [-0.4, -0.2) is 60.8 Å². The topological polar surface area (TPSA) is 0 Å². The number of alkyl halides is 39. The van der Waals surface area contributed by atoms with Gasteiger partial charge in [0.2, 0.25) is 0 Å². The molecular weight excluding hydrogens is 3340 g/mol. The third-order valence-electron chi connectivity index (χ3n) is 6.96. The van der Waals surface area contributed by atoms with Crippen LogP contribution in [0.2, 0.25) is 0 Å². The quantitative estimate of drug-likeness (QED) is 0.127. The summed E-state index contributed by atoms with van der Waals surface area (Å²) in [6.45, 7) is 0. The lowest BCUT2D eigenvalue weighted by Gasteiger charge is -2.62. The van der Waals surface area contributed by atoms with Crippen molar-refractivity contribution in [1.29, 1.82) is 0 Å². The van der Waals surface area contributed by atoms with E-state index < -0.39 is 57.1 Å². The third kappa shape index (κ3) is 12.9. The summed E-state index contributed by atoms with van der Waals surface area (Å²) >= 11 is 153. The Bertz CT molecular complexity index is 1480. The summed E-state index contributed by atoms with van der Waals surface area (Å²) in [6, 6.07) is 0. The monoisotopic (exact) mass is 3310 g/mol. The first-order valence-electron chi connectivity index (χ1n) is 12.0. The number of hydrogen-bond acceptors (Lipinski definition) is 0. The van der Waals surface area contributed by atoms with Gasteiger partial charge in [0.15, 0.2) is 2.14 Å². The largest absolute Gasteiger partial charge is 0.162 e. The number of rotatable bonds is 17. The van der Waals surface area contributed by atoms with Crippen molar-refractivity contribution >= 4 is 621 Å². The summed E-state index contributed by atoms with van der Waals surface area (Å²) in [5.41, 5.74) is 0. The number of halogens is 39. The zero-order chi connectivity index (χ0) is 48.6. The lowest BCUT2D eigenvalue weighted by Crippen LogP contribution is -2.74. The molecule has 0 saturated carbocycles. The van der Waals surface area contributed by atoms with E-state index in [0.717, 1.165) is 0 Å². The average molecular weight is 3350 g/mol. The van der Waals surface area contributed by atoms with Crippen LogP contribution >= 0.6 is 621 Å². The van der Waals surface area contributed by atoms with Gasteiger partial charge in [-0.05, 0) is 0 Å². The molecule has 0 aromatic heterocycles. The Morgan fingerprint density at radius 3 is 0.362 bits per heavy atom. The highest BCUT2D eigenvalue weighted by Crippen LogP contribution is 2.84. The van der Waals surface area contributed by atoms with Crippen LogP contribution in [0.25, 0.3) is 0 Å². The van der Waals surface area contributed by atoms with Gasteiger partial charge in [-0.25, -0.2) is 0 Å². The normalized spacial score (nSPS) is 17.4. The van der Waals surface area contributed by atoms with Gasteiger partial charge in [0, 0.05) is 0 Å². The van der Waals surface area contributed by atoms with E-state index in [0.29, 0.717) is 0 Å². The van der Waals surface area contributed by atoms with Crippen LogP contribution in [0.1, 0.15) is 0 Å². The van der Waals surface area contributed by atoms with Gasteiger partial charge in [-0.15, -0.1) is 0 Å². The van der Waals surface area contributed by atoms with E-state index >= 15 is 0 Å². The summed E-state index contributed by atoms with van der Waals surface area (Å²) in [5, 5.41) is 0. The summed E-state index contributed by atoms with van der Waals surface area (Å²) in [6.07, 6.45) is 0. The van der Waals surface area contributed by atoms with Crippen molar-refractivity contribution in [1.82, 2.24) is 0 Å². The van der Waals surface area contributed by atoms with Crippen LogP contribution in [0.3, 0.4) is 0 Å². The first-order valence-corrected chi connectivity index (χ1v) is 43.1. The Morgan fingerprint density at radius 1 is 0.155 bits per heavy atom. The van der Waals surface area contributed by atoms with E-state index in [9.17, 15) is 0 Å². The molecule has 0 aliphatic carbocycles. The molecule has 0 N–H and O–H groups in total. The van der Waals surface area contributed by atoms with Crippen molar-refractivity contribution < 1.29 is 0 Å². The molecule has 0 unspecified atom stereocenters. The number of hydrogen-bond donors (Lipinski definition) is 0. The Hall–Kier alpha value is 18.7. The molecule has 0 atom stereocenters. The fraction of sp³-hybridized carbons (Fsp3) is 1.00. The smallest absolute Gasteiger partial charge is 0.0739 e. The second kappa shape index (κ2) is 25.1. The van der Waals surface area contributed by atoms with Crippen LogP contribution in [-0.2, 0) is 0 Å². The van der Waals surface area contributed by atoms with Crippen molar-refractivity contribution in [3.05, 3.63) is 0 Å². The van der Waals surface area contributed by atoms with Gasteiger partial charge >= 0.3 is 0 Å². The van der Waals surface area contributed by atoms with Gasteiger partial charge < -0.3 is 0 Å². The zero-order valence-corrected chi connectivity index (χ0v) is 86.2. The maximum Gasteiger partial charge on any atom is 0.162 e. The van der Waals surface area contributed by atoms with Crippen molar-refractivity contribution in [3.63, 3.8) is 0 Å². The minimum Gasteiger partial charge on any atom is -0.0739 e. The van der Waals surface area contributed by atoms with Gasteiger partial charge in [0.25, 0.3) is 0 Å². The predicted molar refractivity (Wildman–Crippen MR) is 401 cm³/mol. The molecule has 0 nitrogen and oxygen atoms in total. The molecule has 0 aromatic carbocycles. The zero-order valence-electron chi connectivity index (χ0n) is 24.3. The lowest BCUT2D eigenvalue weighted by molar-refractivity contribution is 0.519. The summed E-state index contributed by atoms with van der Waals surface area (Å²) in [4.78, 5) is 0.